The van der Waals surface area contributed by atoms with Gasteiger partial charge in [-0.05, 0) is 44.7 Å². The van der Waals surface area contributed by atoms with Crippen molar-refractivity contribution in [2.24, 2.45) is 5.92 Å². The van der Waals surface area contributed by atoms with Gasteiger partial charge in [0.1, 0.15) is 0 Å². The number of rotatable bonds is 4. The van der Waals surface area contributed by atoms with Crippen LogP contribution >= 0.6 is 0 Å². The molecule has 19 heavy (non-hydrogen) atoms. The normalized spacial score (nSPS) is 20.3. The SMILES string of the molecule is O=c1cc(N2CCCCC2)cnn1CCC1CNC1. The van der Waals surface area contributed by atoms with Crippen LogP contribution in [-0.2, 0) is 6.54 Å². The van der Waals surface area contributed by atoms with Crippen molar-refractivity contribution in [3.63, 3.8) is 0 Å². The van der Waals surface area contributed by atoms with Crippen LogP contribution in [0.3, 0.4) is 0 Å². The molecule has 0 atom stereocenters. The van der Waals surface area contributed by atoms with E-state index in [1.165, 1.54) is 19.3 Å². The molecule has 5 nitrogen and oxygen atoms in total. The van der Waals surface area contributed by atoms with E-state index in [-0.39, 0.29) is 5.56 Å². The Labute approximate surface area is 113 Å². The van der Waals surface area contributed by atoms with Crippen LogP contribution in [0.25, 0.3) is 0 Å². The van der Waals surface area contributed by atoms with E-state index in [0.29, 0.717) is 0 Å². The molecule has 0 aromatic carbocycles. The van der Waals surface area contributed by atoms with Crippen molar-refractivity contribution in [3.05, 3.63) is 22.6 Å². The number of aryl methyl sites for hydroxylation is 1. The van der Waals surface area contributed by atoms with E-state index in [1.54, 1.807) is 10.7 Å². The highest BCUT2D eigenvalue weighted by Gasteiger charge is 2.17. The average molecular weight is 262 g/mol. The first-order valence-corrected chi connectivity index (χ1v) is 7.36. The second kappa shape index (κ2) is 5.74. The van der Waals surface area contributed by atoms with E-state index in [2.05, 4.69) is 15.3 Å². The summed E-state index contributed by atoms with van der Waals surface area (Å²) in [6.45, 7) is 5.02. The Balaban J connectivity index is 1.64. The summed E-state index contributed by atoms with van der Waals surface area (Å²) >= 11 is 0. The van der Waals surface area contributed by atoms with Crippen molar-refractivity contribution in [3.8, 4) is 0 Å². The Morgan fingerprint density at radius 3 is 2.68 bits per heavy atom. The molecule has 2 fully saturated rings. The number of piperidine rings is 1. The summed E-state index contributed by atoms with van der Waals surface area (Å²) in [7, 11) is 0. The monoisotopic (exact) mass is 262 g/mol. The summed E-state index contributed by atoms with van der Waals surface area (Å²) in [4.78, 5) is 14.3. The van der Waals surface area contributed by atoms with Crippen molar-refractivity contribution in [2.45, 2.75) is 32.2 Å². The van der Waals surface area contributed by atoms with Crippen molar-refractivity contribution >= 4 is 5.69 Å². The predicted molar refractivity (Wildman–Crippen MR) is 75.5 cm³/mol. The third kappa shape index (κ3) is 2.97. The molecule has 2 aliphatic rings. The minimum absolute atomic E-state index is 0.0374. The molecule has 0 amide bonds. The van der Waals surface area contributed by atoms with Crippen molar-refractivity contribution in [1.82, 2.24) is 15.1 Å². The maximum absolute atomic E-state index is 12.1. The highest BCUT2D eigenvalue weighted by atomic mass is 16.1. The minimum Gasteiger partial charge on any atom is -0.370 e. The van der Waals surface area contributed by atoms with Crippen LogP contribution in [0.15, 0.2) is 17.1 Å². The van der Waals surface area contributed by atoms with Crippen LogP contribution in [-0.4, -0.2) is 36.0 Å². The molecule has 2 aliphatic heterocycles. The highest BCUT2D eigenvalue weighted by Crippen LogP contribution is 2.17. The van der Waals surface area contributed by atoms with E-state index in [1.807, 2.05) is 6.20 Å². The van der Waals surface area contributed by atoms with Gasteiger partial charge in [0.2, 0.25) is 0 Å². The second-order valence-corrected chi connectivity index (χ2v) is 5.64. The van der Waals surface area contributed by atoms with Gasteiger partial charge in [0.05, 0.1) is 11.9 Å². The van der Waals surface area contributed by atoms with Gasteiger partial charge >= 0.3 is 0 Å². The second-order valence-electron chi connectivity index (χ2n) is 5.64. The molecule has 0 bridgehead atoms. The summed E-state index contributed by atoms with van der Waals surface area (Å²) in [5.41, 5.74) is 1.03. The average Bonchev–Trinajstić information content (AvgIpc) is 2.40. The Morgan fingerprint density at radius 1 is 1.26 bits per heavy atom. The third-order valence-electron chi connectivity index (χ3n) is 4.19. The Bertz CT molecular complexity index is 475. The molecule has 1 aromatic rings. The molecular weight excluding hydrogens is 240 g/mol. The van der Waals surface area contributed by atoms with E-state index < -0.39 is 0 Å². The lowest BCUT2D eigenvalue weighted by Gasteiger charge is -2.28. The fraction of sp³-hybridized carbons (Fsp3) is 0.714. The molecule has 3 rings (SSSR count). The first-order chi connectivity index (χ1) is 9.33. The lowest BCUT2D eigenvalue weighted by molar-refractivity contribution is 0.304. The molecule has 0 radical (unpaired) electrons. The molecule has 2 saturated heterocycles. The predicted octanol–water partition coefficient (Wildman–Crippen LogP) is 0.843. The Kier molecular flexibility index (Phi) is 3.82. The molecular formula is C14H22N4O. The molecule has 3 heterocycles. The van der Waals surface area contributed by atoms with E-state index >= 15 is 0 Å². The third-order valence-corrected chi connectivity index (χ3v) is 4.19. The van der Waals surface area contributed by atoms with Gasteiger partial charge in [-0.1, -0.05) is 0 Å². The summed E-state index contributed by atoms with van der Waals surface area (Å²) in [6, 6.07) is 1.75. The van der Waals surface area contributed by atoms with Crippen LogP contribution in [0.1, 0.15) is 25.7 Å². The largest absolute Gasteiger partial charge is 0.370 e. The summed E-state index contributed by atoms with van der Waals surface area (Å²) < 4.78 is 1.60. The molecule has 0 unspecified atom stereocenters. The van der Waals surface area contributed by atoms with Crippen LogP contribution in [0.5, 0.6) is 0 Å². The maximum atomic E-state index is 12.1. The zero-order chi connectivity index (χ0) is 13.1. The number of anilines is 1. The number of nitrogens with zero attached hydrogens (tertiary/aromatic N) is 3. The lowest BCUT2D eigenvalue weighted by Crippen LogP contribution is -2.42. The zero-order valence-corrected chi connectivity index (χ0v) is 11.3. The fourth-order valence-corrected chi connectivity index (χ4v) is 2.77. The molecule has 0 aliphatic carbocycles. The molecule has 0 saturated carbocycles. The van der Waals surface area contributed by atoms with Gasteiger partial charge in [-0.3, -0.25) is 4.79 Å². The van der Waals surface area contributed by atoms with Crippen molar-refractivity contribution in [2.75, 3.05) is 31.1 Å². The van der Waals surface area contributed by atoms with Gasteiger partial charge in [0.15, 0.2) is 0 Å². The fourth-order valence-electron chi connectivity index (χ4n) is 2.77. The molecule has 1 N–H and O–H groups in total. The lowest BCUT2D eigenvalue weighted by atomic mass is 10.00. The molecule has 104 valence electrons. The smallest absolute Gasteiger partial charge is 0.268 e. The quantitative estimate of drug-likeness (QED) is 0.874. The van der Waals surface area contributed by atoms with Gasteiger partial charge in [-0.15, -0.1) is 0 Å². The van der Waals surface area contributed by atoms with Crippen LogP contribution < -0.4 is 15.8 Å². The Morgan fingerprint density at radius 2 is 2.05 bits per heavy atom. The van der Waals surface area contributed by atoms with Crippen LogP contribution in [0, 0.1) is 5.92 Å². The van der Waals surface area contributed by atoms with Gasteiger partial charge in [-0.2, -0.15) is 5.10 Å². The molecule has 0 spiro atoms. The Hall–Kier alpha value is -1.36. The van der Waals surface area contributed by atoms with Crippen LogP contribution in [0.2, 0.25) is 0 Å². The summed E-state index contributed by atoms with van der Waals surface area (Å²) in [5, 5.41) is 7.58. The van der Waals surface area contributed by atoms with Gasteiger partial charge < -0.3 is 10.2 Å². The summed E-state index contributed by atoms with van der Waals surface area (Å²) in [5.74, 6) is 0.718. The highest BCUT2D eigenvalue weighted by molar-refractivity contribution is 5.43. The summed E-state index contributed by atoms with van der Waals surface area (Å²) in [6.07, 6.45) is 6.64. The number of hydrogen-bond acceptors (Lipinski definition) is 4. The first-order valence-electron chi connectivity index (χ1n) is 7.36. The van der Waals surface area contributed by atoms with E-state index in [9.17, 15) is 4.79 Å². The van der Waals surface area contributed by atoms with Gasteiger partial charge in [0, 0.05) is 25.7 Å². The van der Waals surface area contributed by atoms with Crippen LogP contribution in [0.4, 0.5) is 5.69 Å². The minimum atomic E-state index is 0.0374. The number of hydrogen-bond donors (Lipinski definition) is 1. The van der Waals surface area contributed by atoms with E-state index in [4.69, 9.17) is 0 Å². The van der Waals surface area contributed by atoms with Crippen molar-refractivity contribution in [1.29, 1.82) is 0 Å². The maximum Gasteiger partial charge on any atom is 0.268 e. The number of aromatic nitrogens is 2. The number of nitrogens with one attached hydrogen (secondary N) is 1. The molecule has 5 heteroatoms. The molecule has 1 aromatic heterocycles. The van der Waals surface area contributed by atoms with Crippen molar-refractivity contribution < 1.29 is 0 Å². The standard InChI is InChI=1S/C14H22N4O/c19-14-8-13(17-5-2-1-3-6-17)11-16-18(14)7-4-12-9-15-10-12/h8,11-12,15H,1-7,9-10H2. The van der Waals surface area contributed by atoms with Gasteiger partial charge in [0.25, 0.3) is 5.56 Å². The van der Waals surface area contributed by atoms with Gasteiger partial charge in [-0.25, -0.2) is 4.68 Å². The van der Waals surface area contributed by atoms with E-state index in [0.717, 1.165) is 50.7 Å². The topological polar surface area (TPSA) is 50.2 Å². The first kappa shape index (κ1) is 12.7. The zero-order valence-electron chi connectivity index (χ0n) is 11.3.